The van der Waals surface area contributed by atoms with Gasteiger partial charge in [0.25, 0.3) is 0 Å². The third-order valence-corrected chi connectivity index (χ3v) is 6.40. The van der Waals surface area contributed by atoms with Crippen molar-refractivity contribution in [2.45, 2.75) is 82.8 Å². The molecule has 0 radical (unpaired) electrons. The molecule has 0 rings (SSSR count). The average Bonchev–Trinajstić information content (AvgIpc) is 2.52. The Kier molecular flexibility index (Phi) is 14.0. The third-order valence-electron chi connectivity index (χ3n) is 3.63. The van der Waals surface area contributed by atoms with E-state index in [1.165, 1.54) is 76.5 Å². The van der Waals surface area contributed by atoms with Gasteiger partial charge in [0.05, 0.1) is 6.07 Å². The van der Waals surface area contributed by atoms with Gasteiger partial charge in [-0.1, -0.05) is 88.7 Å². The van der Waals surface area contributed by atoms with Crippen molar-refractivity contribution in [3.63, 3.8) is 0 Å². The van der Waals surface area contributed by atoms with Crippen molar-refractivity contribution in [2.75, 3.05) is 5.75 Å². The van der Waals surface area contributed by atoms with E-state index < -0.39 is 10.7 Å². The van der Waals surface area contributed by atoms with E-state index in [0.29, 0.717) is 3.53 Å². The zero-order valence-corrected chi connectivity index (χ0v) is 16.8. The third kappa shape index (κ3) is 11.9. The lowest BCUT2D eigenvalue weighted by Crippen LogP contribution is -2.30. The van der Waals surface area contributed by atoms with Crippen molar-refractivity contribution in [1.29, 1.82) is 5.26 Å². The van der Waals surface area contributed by atoms with Gasteiger partial charge in [0.15, 0.2) is 0 Å². The predicted molar refractivity (Wildman–Crippen MR) is 106 cm³/mol. The van der Waals surface area contributed by atoms with Crippen LogP contribution in [-0.2, 0) is 4.79 Å². The summed E-state index contributed by atoms with van der Waals surface area (Å²) >= 11 is 7.63. The summed E-state index contributed by atoms with van der Waals surface area (Å²) in [6, 6.07) is 1.81. The number of thioether (sulfide) groups is 2. The molecule has 0 bridgehead atoms. The second kappa shape index (κ2) is 14.1. The summed E-state index contributed by atoms with van der Waals surface area (Å²) in [4.78, 5) is 11.0. The van der Waals surface area contributed by atoms with Gasteiger partial charge < -0.3 is 5.11 Å². The summed E-state index contributed by atoms with van der Waals surface area (Å²) in [5.41, 5.74) is 0. The Bertz CT molecular complexity index is 396. The molecule has 0 saturated heterocycles. The SMILES string of the molecule is CCCCCCCCCCCCSC(=S)SC(C)(C#N)C(=O)O. The molecule has 0 aliphatic heterocycles. The van der Waals surface area contributed by atoms with Crippen LogP contribution in [0.5, 0.6) is 0 Å². The number of carbonyl (C=O) groups is 1. The van der Waals surface area contributed by atoms with Crippen LogP contribution in [0.25, 0.3) is 0 Å². The normalized spacial score (nSPS) is 13.3. The number of hydrogen-bond acceptors (Lipinski definition) is 5. The number of nitriles is 1. The van der Waals surface area contributed by atoms with Crippen LogP contribution in [0.4, 0.5) is 0 Å². The molecule has 1 atom stereocenters. The lowest BCUT2D eigenvalue weighted by molar-refractivity contribution is -0.137. The van der Waals surface area contributed by atoms with E-state index in [0.717, 1.165) is 23.9 Å². The summed E-state index contributed by atoms with van der Waals surface area (Å²) in [6.45, 7) is 3.64. The highest BCUT2D eigenvalue weighted by Crippen LogP contribution is 2.31. The van der Waals surface area contributed by atoms with Gasteiger partial charge in [-0.3, -0.25) is 0 Å². The van der Waals surface area contributed by atoms with E-state index in [1.54, 1.807) is 0 Å². The standard InChI is InChI=1S/C17H29NO2S3/c1-3-4-5-6-7-8-9-10-11-12-13-22-16(21)23-17(2,14-18)15(19)20/h3-13H2,1-2H3,(H,19,20). The van der Waals surface area contributed by atoms with Crippen molar-refractivity contribution >= 4 is 45.2 Å². The molecule has 3 nitrogen and oxygen atoms in total. The number of carboxylic acids is 1. The fourth-order valence-corrected chi connectivity index (χ4v) is 4.77. The summed E-state index contributed by atoms with van der Waals surface area (Å²) in [5, 5.41) is 18.0. The second-order valence-corrected chi connectivity index (χ2v) is 9.55. The molecule has 0 fully saturated rings. The molecule has 132 valence electrons. The molecular weight excluding hydrogens is 346 g/mol. The summed E-state index contributed by atoms with van der Waals surface area (Å²) < 4.78 is -0.922. The number of rotatable bonds is 13. The Morgan fingerprint density at radius 1 is 1.09 bits per heavy atom. The van der Waals surface area contributed by atoms with Crippen LogP contribution < -0.4 is 0 Å². The van der Waals surface area contributed by atoms with Gasteiger partial charge in [-0.15, -0.1) is 11.8 Å². The van der Waals surface area contributed by atoms with Crippen molar-refractivity contribution in [1.82, 2.24) is 0 Å². The van der Waals surface area contributed by atoms with Gasteiger partial charge in [-0.2, -0.15) is 5.26 Å². The first-order valence-electron chi connectivity index (χ1n) is 8.46. The van der Waals surface area contributed by atoms with Crippen LogP contribution >= 0.6 is 35.7 Å². The van der Waals surface area contributed by atoms with Crippen LogP contribution in [0.2, 0.25) is 0 Å². The number of thiocarbonyl (C=S) groups is 1. The fraction of sp³-hybridized carbons (Fsp3) is 0.824. The maximum absolute atomic E-state index is 11.0. The van der Waals surface area contributed by atoms with E-state index in [1.807, 2.05) is 6.07 Å². The molecule has 0 aliphatic carbocycles. The van der Waals surface area contributed by atoms with E-state index in [-0.39, 0.29) is 0 Å². The molecule has 1 N–H and O–H groups in total. The molecule has 1 unspecified atom stereocenters. The minimum Gasteiger partial charge on any atom is -0.479 e. The highest BCUT2D eigenvalue weighted by Gasteiger charge is 2.35. The molecule has 23 heavy (non-hydrogen) atoms. The lowest BCUT2D eigenvalue weighted by atomic mass is 10.1. The topological polar surface area (TPSA) is 61.1 Å². The van der Waals surface area contributed by atoms with Crippen LogP contribution in [-0.4, -0.2) is 25.1 Å². The highest BCUT2D eigenvalue weighted by atomic mass is 32.2. The zero-order valence-electron chi connectivity index (χ0n) is 14.3. The van der Waals surface area contributed by atoms with Crippen molar-refractivity contribution in [3.8, 4) is 6.07 Å². The van der Waals surface area contributed by atoms with Gasteiger partial charge in [-0.05, 0) is 19.1 Å². The number of nitrogens with zero attached hydrogens (tertiary/aromatic N) is 1. The van der Waals surface area contributed by atoms with Crippen LogP contribution in [0.15, 0.2) is 0 Å². The Morgan fingerprint density at radius 3 is 2.00 bits per heavy atom. The van der Waals surface area contributed by atoms with E-state index in [4.69, 9.17) is 22.6 Å². The van der Waals surface area contributed by atoms with Gasteiger partial charge >= 0.3 is 5.97 Å². The molecule has 0 aromatic rings. The van der Waals surface area contributed by atoms with Crippen LogP contribution in [0.3, 0.4) is 0 Å². The minimum absolute atomic E-state index is 0.548. The molecule has 0 aromatic carbocycles. The first kappa shape index (κ1) is 22.8. The first-order chi connectivity index (χ1) is 11.0. The van der Waals surface area contributed by atoms with Gasteiger partial charge in [-0.25, -0.2) is 4.79 Å². The van der Waals surface area contributed by atoms with Crippen LogP contribution in [0.1, 0.15) is 78.1 Å². The monoisotopic (exact) mass is 375 g/mol. The maximum Gasteiger partial charge on any atom is 0.334 e. The van der Waals surface area contributed by atoms with Gasteiger partial charge in [0.1, 0.15) is 3.53 Å². The molecule has 0 saturated carbocycles. The molecule has 0 aliphatic rings. The number of unbranched alkanes of at least 4 members (excludes halogenated alkanes) is 9. The molecule has 0 spiro atoms. The number of aliphatic carboxylic acids is 1. The second-order valence-electron chi connectivity index (χ2n) is 5.83. The Balaban J connectivity index is 3.53. The smallest absolute Gasteiger partial charge is 0.334 e. The molecule has 0 heterocycles. The molecule has 6 heteroatoms. The van der Waals surface area contributed by atoms with Crippen molar-refractivity contribution < 1.29 is 9.90 Å². The number of hydrogen-bond donors (Lipinski definition) is 1. The fourth-order valence-electron chi connectivity index (χ4n) is 2.06. The van der Waals surface area contributed by atoms with Gasteiger partial charge in [0, 0.05) is 0 Å². The first-order valence-corrected chi connectivity index (χ1v) is 10.7. The van der Waals surface area contributed by atoms with Gasteiger partial charge in [0.2, 0.25) is 4.75 Å². The Morgan fingerprint density at radius 2 is 1.57 bits per heavy atom. The summed E-state index contributed by atoms with van der Waals surface area (Å²) in [5.74, 6) is -0.226. The minimum atomic E-state index is -1.47. The van der Waals surface area contributed by atoms with Crippen LogP contribution in [0, 0.1) is 11.3 Å². The van der Waals surface area contributed by atoms with E-state index in [9.17, 15) is 4.79 Å². The van der Waals surface area contributed by atoms with E-state index >= 15 is 0 Å². The lowest BCUT2D eigenvalue weighted by Gasteiger charge is -2.15. The highest BCUT2D eigenvalue weighted by molar-refractivity contribution is 8.47. The maximum atomic E-state index is 11.0. The predicted octanol–water partition coefficient (Wildman–Crippen LogP) is 6.03. The Hall–Kier alpha value is -0.250. The summed E-state index contributed by atoms with van der Waals surface area (Å²) in [7, 11) is 0. The van der Waals surface area contributed by atoms with E-state index in [2.05, 4.69) is 6.92 Å². The molecule has 0 amide bonds. The molecule has 0 aromatic heterocycles. The number of carboxylic acid groups (broad SMARTS) is 1. The average molecular weight is 376 g/mol. The summed E-state index contributed by atoms with van der Waals surface area (Å²) in [6.07, 6.45) is 13.0. The quantitative estimate of drug-likeness (QED) is 0.313. The zero-order chi connectivity index (χ0) is 17.6. The largest absolute Gasteiger partial charge is 0.479 e. The van der Waals surface area contributed by atoms with Crippen molar-refractivity contribution in [3.05, 3.63) is 0 Å². The van der Waals surface area contributed by atoms with Crippen molar-refractivity contribution in [2.24, 2.45) is 0 Å². The Labute approximate surface area is 155 Å². The molecular formula is C17H29NO2S3.